The maximum atomic E-state index is 13.1. The fourth-order valence-corrected chi connectivity index (χ4v) is 4.24. The molecular weight excluding hydrogens is 437 g/mol. The maximum Gasteiger partial charge on any atom is 0.241 e. The van der Waals surface area contributed by atoms with E-state index in [4.69, 9.17) is 4.74 Å². The summed E-state index contributed by atoms with van der Waals surface area (Å²) >= 11 is 0. The van der Waals surface area contributed by atoms with Crippen molar-refractivity contribution in [1.82, 2.24) is 14.9 Å². The van der Waals surface area contributed by atoms with Gasteiger partial charge in [-0.05, 0) is 42.7 Å². The molecule has 0 aliphatic carbocycles. The van der Waals surface area contributed by atoms with Crippen molar-refractivity contribution in [3.63, 3.8) is 0 Å². The Labute approximate surface area is 186 Å². The first-order valence-electron chi connectivity index (χ1n) is 10.3. The van der Waals surface area contributed by atoms with E-state index in [0.29, 0.717) is 13.2 Å². The summed E-state index contributed by atoms with van der Waals surface area (Å²) in [6, 6.07) is 13.4. The minimum absolute atomic E-state index is 0.0280. The average Bonchev–Trinajstić information content (AvgIpc) is 3.30. The molecule has 2 amide bonds. The van der Waals surface area contributed by atoms with Crippen LogP contribution in [0.1, 0.15) is 18.4 Å². The summed E-state index contributed by atoms with van der Waals surface area (Å²) in [5, 5.41) is 2.77. The Bertz CT molecular complexity index is 1010. The van der Waals surface area contributed by atoms with Crippen LogP contribution in [0.2, 0.25) is 0 Å². The van der Waals surface area contributed by atoms with Gasteiger partial charge in [-0.3, -0.25) is 9.59 Å². The van der Waals surface area contributed by atoms with Gasteiger partial charge in [0.1, 0.15) is 5.82 Å². The molecule has 1 saturated heterocycles. The summed E-state index contributed by atoms with van der Waals surface area (Å²) in [6.07, 6.45) is 1.80. The Morgan fingerprint density at radius 3 is 2.47 bits per heavy atom. The number of amides is 2. The van der Waals surface area contributed by atoms with Crippen molar-refractivity contribution in [1.29, 1.82) is 0 Å². The van der Waals surface area contributed by atoms with Crippen molar-refractivity contribution in [3.05, 3.63) is 66.0 Å². The predicted molar refractivity (Wildman–Crippen MR) is 115 cm³/mol. The Morgan fingerprint density at radius 1 is 1.09 bits per heavy atom. The van der Waals surface area contributed by atoms with E-state index >= 15 is 0 Å². The van der Waals surface area contributed by atoms with Crippen LogP contribution in [0.5, 0.6) is 0 Å². The topological polar surface area (TPSA) is 105 Å². The Kier molecular flexibility index (Phi) is 8.32. The number of benzene rings is 2. The molecule has 1 aliphatic heterocycles. The van der Waals surface area contributed by atoms with Crippen molar-refractivity contribution >= 4 is 21.8 Å². The molecule has 1 atom stereocenters. The Balaban J connectivity index is 1.62. The van der Waals surface area contributed by atoms with Gasteiger partial charge in [0.2, 0.25) is 21.8 Å². The molecular formula is C22H26FN3O5S. The van der Waals surface area contributed by atoms with E-state index in [-0.39, 0.29) is 30.0 Å². The van der Waals surface area contributed by atoms with Gasteiger partial charge in [-0.2, -0.15) is 0 Å². The third-order valence-electron chi connectivity index (χ3n) is 4.99. The summed E-state index contributed by atoms with van der Waals surface area (Å²) in [7, 11) is -4.01. The quantitative estimate of drug-likeness (QED) is 0.555. The van der Waals surface area contributed by atoms with Crippen molar-refractivity contribution in [3.8, 4) is 0 Å². The number of halogens is 1. The smallest absolute Gasteiger partial charge is 0.241 e. The minimum atomic E-state index is -4.01. The van der Waals surface area contributed by atoms with Crippen LogP contribution in [0, 0.1) is 5.82 Å². The number of nitrogens with zero attached hydrogens (tertiary/aromatic N) is 1. The molecule has 2 aromatic carbocycles. The zero-order chi connectivity index (χ0) is 23.0. The summed E-state index contributed by atoms with van der Waals surface area (Å²) in [5.74, 6) is -1.49. The van der Waals surface area contributed by atoms with E-state index in [1.54, 1.807) is 0 Å². The van der Waals surface area contributed by atoms with E-state index in [9.17, 15) is 22.4 Å². The van der Waals surface area contributed by atoms with Gasteiger partial charge in [-0.1, -0.05) is 30.3 Å². The van der Waals surface area contributed by atoms with E-state index < -0.39 is 28.3 Å². The molecule has 3 rings (SSSR count). The van der Waals surface area contributed by atoms with Crippen molar-refractivity contribution < 1.29 is 27.1 Å². The maximum absolute atomic E-state index is 13.1. The lowest BCUT2D eigenvalue weighted by molar-refractivity contribution is -0.135. The third-order valence-corrected chi connectivity index (χ3v) is 6.41. The molecule has 172 valence electrons. The molecule has 8 nitrogen and oxygen atoms in total. The van der Waals surface area contributed by atoms with Crippen LogP contribution in [0.3, 0.4) is 0 Å². The molecule has 0 saturated carbocycles. The van der Waals surface area contributed by atoms with Crippen LogP contribution in [0.4, 0.5) is 4.39 Å². The van der Waals surface area contributed by atoms with Crippen molar-refractivity contribution in [2.24, 2.45) is 0 Å². The average molecular weight is 464 g/mol. The molecule has 0 aromatic heterocycles. The first-order chi connectivity index (χ1) is 15.3. The molecule has 1 aliphatic rings. The van der Waals surface area contributed by atoms with Gasteiger partial charge in [-0.15, -0.1) is 0 Å². The second kappa shape index (κ2) is 11.2. The van der Waals surface area contributed by atoms with Gasteiger partial charge in [0.25, 0.3) is 0 Å². The lowest BCUT2D eigenvalue weighted by Crippen LogP contribution is -2.45. The van der Waals surface area contributed by atoms with Gasteiger partial charge in [0.15, 0.2) is 0 Å². The second-order valence-electron chi connectivity index (χ2n) is 7.45. The fourth-order valence-electron chi connectivity index (χ4n) is 3.26. The highest BCUT2D eigenvalue weighted by Gasteiger charge is 2.22. The second-order valence-corrected chi connectivity index (χ2v) is 9.22. The highest BCUT2D eigenvalue weighted by Crippen LogP contribution is 2.11. The van der Waals surface area contributed by atoms with Crippen molar-refractivity contribution in [2.45, 2.75) is 30.4 Å². The number of rotatable bonds is 10. The number of carbonyl (C=O) groups is 2. The first-order valence-corrected chi connectivity index (χ1v) is 11.8. The molecule has 2 N–H and O–H groups in total. The SMILES string of the molecule is O=C(CN(Cc1ccccc1)C(=O)CNS(=O)(=O)c1ccc(F)cc1)NC[C@H]1CCCO1. The van der Waals surface area contributed by atoms with Gasteiger partial charge >= 0.3 is 0 Å². The van der Waals surface area contributed by atoms with Gasteiger partial charge in [0.05, 0.1) is 24.1 Å². The lowest BCUT2D eigenvalue weighted by Gasteiger charge is -2.23. The number of hydrogen-bond acceptors (Lipinski definition) is 5. The number of sulfonamides is 1. The summed E-state index contributed by atoms with van der Waals surface area (Å²) in [5.41, 5.74) is 0.800. The molecule has 2 aromatic rings. The lowest BCUT2D eigenvalue weighted by atomic mass is 10.2. The monoisotopic (exact) mass is 463 g/mol. The highest BCUT2D eigenvalue weighted by atomic mass is 32.2. The zero-order valence-corrected chi connectivity index (χ0v) is 18.3. The number of hydrogen-bond donors (Lipinski definition) is 2. The molecule has 0 unspecified atom stereocenters. The molecule has 1 heterocycles. The third kappa shape index (κ3) is 7.11. The predicted octanol–water partition coefficient (Wildman–Crippen LogP) is 1.43. The molecule has 32 heavy (non-hydrogen) atoms. The molecule has 10 heteroatoms. The number of ether oxygens (including phenoxy) is 1. The standard InChI is InChI=1S/C22H26FN3O5S/c23-18-8-10-20(11-9-18)32(29,30)25-14-22(28)26(15-17-5-2-1-3-6-17)16-21(27)24-13-19-7-4-12-31-19/h1-3,5-6,8-11,19,25H,4,7,12-16H2,(H,24,27)/t19-/m1/s1. The summed E-state index contributed by atoms with van der Waals surface area (Å²) in [6.45, 7) is 0.423. The summed E-state index contributed by atoms with van der Waals surface area (Å²) in [4.78, 5) is 26.4. The van der Waals surface area contributed by atoms with Crippen LogP contribution in [-0.4, -0.2) is 57.5 Å². The van der Waals surface area contributed by atoms with Crippen LogP contribution in [0.15, 0.2) is 59.5 Å². The van der Waals surface area contributed by atoms with Gasteiger partial charge in [0, 0.05) is 19.7 Å². The highest BCUT2D eigenvalue weighted by molar-refractivity contribution is 7.89. The largest absolute Gasteiger partial charge is 0.376 e. The fraction of sp³-hybridized carbons (Fsp3) is 0.364. The van der Waals surface area contributed by atoms with E-state index in [2.05, 4.69) is 10.0 Å². The number of nitrogens with one attached hydrogen (secondary N) is 2. The van der Waals surface area contributed by atoms with E-state index in [0.717, 1.165) is 42.7 Å². The molecule has 0 radical (unpaired) electrons. The molecule has 0 spiro atoms. The zero-order valence-electron chi connectivity index (χ0n) is 17.5. The molecule has 1 fully saturated rings. The first kappa shape index (κ1) is 23.8. The normalized spacial score (nSPS) is 16.0. The van der Waals surface area contributed by atoms with Crippen molar-refractivity contribution in [2.75, 3.05) is 26.2 Å². The van der Waals surface area contributed by atoms with Crippen LogP contribution >= 0.6 is 0 Å². The van der Waals surface area contributed by atoms with Crippen LogP contribution in [0.25, 0.3) is 0 Å². The van der Waals surface area contributed by atoms with Gasteiger partial charge < -0.3 is 15.0 Å². The van der Waals surface area contributed by atoms with Crippen LogP contribution < -0.4 is 10.0 Å². The van der Waals surface area contributed by atoms with Gasteiger partial charge in [-0.25, -0.2) is 17.5 Å². The van der Waals surface area contributed by atoms with E-state index in [1.165, 1.54) is 4.90 Å². The molecule has 0 bridgehead atoms. The van der Waals surface area contributed by atoms with Crippen LogP contribution in [-0.2, 0) is 30.9 Å². The summed E-state index contributed by atoms with van der Waals surface area (Å²) < 4.78 is 45.6. The Hall–Kier alpha value is -2.82. The Morgan fingerprint density at radius 2 is 1.81 bits per heavy atom. The van der Waals surface area contributed by atoms with E-state index in [1.807, 2.05) is 30.3 Å². The minimum Gasteiger partial charge on any atom is -0.376 e. The number of carbonyl (C=O) groups excluding carboxylic acids is 2.